The smallest absolute Gasteiger partial charge is 0.327 e. The Balaban J connectivity index is 1.41. The molecule has 3 amide bonds. The van der Waals surface area contributed by atoms with Crippen molar-refractivity contribution in [1.29, 1.82) is 0 Å². The molecule has 3 heterocycles. The van der Waals surface area contributed by atoms with Crippen LogP contribution in [0.25, 0.3) is 0 Å². The molecular formula is C18H20ClN5O4. The van der Waals surface area contributed by atoms with Crippen molar-refractivity contribution >= 4 is 23.5 Å². The molecule has 1 aromatic carbocycles. The number of carbonyl (C=O) groups excluding carboxylic acids is 2. The number of fused-ring (bicyclic) bond motifs is 1. The van der Waals surface area contributed by atoms with Crippen LogP contribution >= 0.6 is 11.6 Å². The molecule has 2 aliphatic rings. The molecule has 0 spiro atoms. The van der Waals surface area contributed by atoms with E-state index in [0.717, 1.165) is 4.90 Å². The molecule has 2 aliphatic heterocycles. The lowest BCUT2D eigenvalue weighted by Gasteiger charge is -2.42. The fraction of sp³-hybridized carbons (Fsp3) is 0.444. The fourth-order valence-corrected chi connectivity index (χ4v) is 3.60. The summed E-state index contributed by atoms with van der Waals surface area (Å²) in [6.07, 6.45) is -0.398. The standard InChI is InChI=1S/C18H20ClN5O4/c19-12-3-1-11(2-4-12)14(25)8-15-21-16(28-22-15)10-24-17(26)7-13-9-20-5-6-23(13)18(24)27/h1-4,13-14,20,25H,5-10H2/t13-,14+/m1/s1. The highest BCUT2D eigenvalue weighted by atomic mass is 35.5. The summed E-state index contributed by atoms with van der Waals surface area (Å²) in [5, 5.41) is 17.9. The third-order valence-corrected chi connectivity index (χ3v) is 5.22. The predicted molar refractivity (Wildman–Crippen MR) is 98.3 cm³/mol. The zero-order chi connectivity index (χ0) is 19.7. The summed E-state index contributed by atoms with van der Waals surface area (Å²) in [5.74, 6) is 0.207. The monoisotopic (exact) mass is 405 g/mol. The number of benzene rings is 1. The van der Waals surface area contributed by atoms with Crippen molar-refractivity contribution in [2.24, 2.45) is 0 Å². The summed E-state index contributed by atoms with van der Waals surface area (Å²) in [7, 11) is 0. The lowest BCUT2D eigenvalue weighted by atomic mass is 10.1. The van der Waals surface area contributed by atoms with Gasteiger partial charge in [-0.15, -0.1) is 0 Å². The van der Waals surface area contributed by atoms with E-state index in [-0.39, 0.29) is 43.3 Å². The molecule has 0 bridgehead atoms. The molecule has 0 radical (unpaired) electrons. The van der Waals surface area contributed by atoms with Crippen molar-refractivity contribution in [1.82, 2.24) is 25.3 Å². The summed E-state index contributed by atoms with van der Waals surface area (Å²) in [5.41, 5.74) is 0.682. The molecule has 4 rings (SSSR count). The van der Waals surface area contributed by atoms with E-state index in [9.17, 15) is 14.7 Å². The Morgan fingerprint density at radius 3 is 2.89 bits per heavy atom. The Hall–Kier alpha value is -2.49. The van der Waals surface area contributed by atoms with E-state index < -0.39 is 6.10 Å². The van der Waals surface area contributed by atoms with E-state index in [1.807, 2.05) is 0 Å². The summed E-state index contributed by atoms with van der Waals surface area (Å²) in [4.78, 5) is 32.1. The molecule has 2 fully saturated rings. The van der Waals surface area contributed by atoms with Crippen molar-refractivity contribution in [3.8, 4) is 0 Å². The normalized spacial score (nSPS) is 21.0. The first-order chi connectivity index (χ1) is 13.5. The van der Waals surface area contributed by atoms with Gasteiger partial charge in [-0.25, -0.2) is 4.79 Å². The highest BCUT2D eigenvalue weighted by Crippen LogP contribution is 2.22. The van der Waals surface area contributed by atoms with Crippen LogP contribution in [0.4, 0.5) is 4.79 Å². The number of rotatable bonds is 5. The second-order valence-corrected chi connectivity index (χ2v) is 7.33. The van der Waals surface area contributed by atoms with Gasteiger partial charge >= 0.3 is 6.03 Å². The van der Waals surface area contributed by atoms with Crippen LogP contribution in [0.3, 0.4) is 0 Å². The molecule has 1 aromatic heterocycles. The van der Waals surface area contributed by atoms with Gasteiger partial charge in [0.1, 0.15) is 6.54 Å². The number of aromatic nitrogens is 2. The minimum Gasteiger partial charge on any atom is -0.388 e. The minimum atomic E-state index is -0.817. The summed E-state index contributed by atoms with van der Waals surface area (Å²) >= 11 is 5.85. The largest absolute Gasteiger partial charge is 0.388 e. The molecule has 0 saturated carbocycles. The van der Waals surface area contributed by atoms with Crippen LogP contribution < -0.4 is 5.32 Å². The topological polar surface area (TPSA) is 112 Å². The van der Waals surface area contributed by atoms with Crippen LogP contribution in [0.15, 0.2) is 28.8 Å². The van der Waals surface area contributed by atoms with E-state index in [4.69, 9.17) is 16.1 Å². The van der Waals surface area contributed by atoms with Crippen molar-refractivity contribution in [3.63, 3.8) is 0 Å². The number of imide groups is 1. The van der Waals surface area contributed by atoms with Gasteiger partial charge in [0.05, 0.1) is 12.1 Å². The van der Waals surface area contributed by atoms with Gasteiger partial charge in [0.25, 0.3) is 0 Å². The van der Waals surface area contributed by atoms with Gasteiger partial charge in [-0.1, -0.05) is 28.9 Å². The average Bonchev–Trinajstić information content (AvgIpc) is 3.12. The Kier molecular flexibility index (Phi) is 5.29. The second-order valence-electron chi connectivity index (χ2n) is 6.89. The van der Waals surface area contributed by atoms with Crippen LogP contribution in [0.2, 0.25) is 5.02 Å². The van der Waals surface area contributed by atoms with Crippen molar-refractivity contribution < 1.29 is 19.2 Å². The van der Waals surface area contributed by atoms with E-state index >= 15 is 0 Å². The Morgan fingerprint density at radius 1 is 1.32 bits per heavy atom. The second kappa shape index (κ2) is 7.86. The average molecular weight is 406 g/mol. The van der Waals surface area contributed by atoms with E-state index in [2.05, 4.69) is 15.5 Å². The number of amides is 3. The quantitative estimate of drug-likeness (QED) is 0.766. The Labute approximate surface area is 166 Å². The number of nitrogens with one attached hydrogen (secondary N) is 1. The number of aliphatic hydroxyl groups excluding tert-OH is 1. The minimum absolute atomic E-state index is 0.0711. The van der Waals surface area contributed by atoms with Crippen LogP contribution in [0.1, 0.15) is 29.8 Å². The Morgan fingerprint density at radius 2 is 2.11 bits per heavy atom. The molecule has 0 unspecified atom stereocenters. The van der Waals surface area contributed by atoms with Crippen LogP contribution in [0, 0.1) is 0 Å². The first kappa shape index (κ1) is 18.9. The molecule has 9 nitrogen and oxygen atoms in total. The van der Waals surface area contributed by atoms with Gasteiger partial charge in [0, 0.05) is 37.5 Å². The van der Waals surface area contributed by atoms with Gasteiger partial charge in [-0.3, -0.25) is 9.69 Å². The van der Waals surface area contributed by atoms with Crippen molar-refractivity contribution in [3.05, 3.63) is 46.6 Å². The van der Waals surface area contributed by atoms with Gasteiger partial charge in [-0.05, 0) is 17.7 Å². The summed E-state index contributed by atoms with van der Waals surface area (Å²) in [6.45, 7) is 1.82. The molecule has 10 heteroatoms. The maximum Gasteiger partial charge on any atom is 0.327 e. The number of halogens is 1. The maximum atomic E-state index is 12.6. The molecule has 2 aromatic rings. The maximum absolute atomic E-state index is 12.6. The van der Waals surface area contributed by atoms with Crippen molar-refractivity contribution in [2.45, 2.75) is 31.5 Å². The molecule has 2 saturated heterocycles. The van der Waals surface area contributed by atoms with Crippen LogP contribution in [-0.4, -0.2) is 62.7 Å². The van der Waals surface area contributed by atoms with Gasteiger partial charge < -0.3 is 19.8 Å². The predicted octanol–water partition coefficient (Wildman–Crippen LogP) is 1.13. The molecule has 2 N–H and O–H groups in total. The van der Waals surface area contributed by atoms with Crippen LogP contribution in [0.5, 0.6) is 0 Å². The van der Waals surface area contributed by atoms with Gasteiger partial charge in [0.15, 0.2) is 5.82 Å². The summed E-state index contributed by atoms with van der Waals surface area (Å²) < 4.78 is 5.19. The number of hydrogen-bond acceptors (Lipinski definition) is 7. The number of nitrogens with zero attached hydrogens (tertiary/aromatic N) is 4. The number of hydrogen-bond donors (Lipinski definition) is 2. The number of urea groups is 1. The van der Waals surface area contributed by atoms with E-state index in [1.165, 1.54) is 0 Å². The number of carbonyl (C=O) groups is 2. The zero-order valence-electron chi connectivity index (χ0n) is 15.0. The van der Waals surface area contributed by atoms with E-state index in [0.29, 0.717) is 36.0 Å². The SMILES string of the molecule is O=C1C[C@@H]2CNCCN2C(=O)N1Cc1nc(C[C@H](O)c2ccc(Cl)cc2)no1. The lowest BCUT2D eigenvalue weighted by molar-refractivity contribution is -0.133. The highest BCUT2D eigenvalue weighted by Gasteiger charge is 2.40. The lowest BCUT2D eigenvalue weighted by Crippen LogP contribution is -2.63. The molecule has 0 aliphatic carbocycles. The molecular weight excluding hydrogens is 386 g/mol. The van der Waals surface area contributed by atoms with Crippen LogP contribution in [-0.2, 0) is 17.8 Å². The first-order valence-corrected chi connectivity index (χ1v) is 9.45. The molecule has 2 atom stereocenters. The number of aliphatic hydroxyl groups is 1. The molecule has 28 heavy (non-hydrogen) atoms. The van der Waals surface area contributed by atoms with E-state index in [1.54, 1.807) is 29.2 Å². The molecule has 148 valence electrons. The third kappa shape index (κ3) is 3.87. The number of piperazine rings is 1. The highest BCUT2D eigenvalue weighted by molar-refractivity contribution is 6.30. The van der Waals surface area contributed by atoms with Gasteiger partial charge in [0.2, 0.25) is 11.8 Å². The van der Waals surface area contributed by atoms with Gasteiger partial charge in [-0.2, -0.15) is 4.98 Å². The first-order valence-electron chi connectivity index (χ1n) is 9.08. The third-order valence-electron chi connectivity index (χ3n) is 4.97. The Bertz CT molecular complexity index is 871. The summed E-state index contributed by atoms with van der Waals surface area (Å²) in [6, 6.07) is 6.41. The van der Waals surface area contributed by atoms with Crippen molar-refractivity contribution in [2.75, 3.05) is 19.6 Å². The fourth-order valence-electron chi connectivity index (χ4n) is 3.47. The zero-order valence-corrected chi connectivity index (χ0v) is 15.8.